The Morgan fingerprint density at radius 3 is 1.80 bits per heavy atom. The van der Waals surface area contributed by atoms with Crippen molar-refractivity contribution in [3.05, 3.63) is 162 Å². The lowest BCUT2D eigenvalue weighted by molar-refractivity contribution is 0.106. The standard InChI is InChI=1S/C43H29FN4O/c1-43(2)37-12-7-11-35(39(37)36-10-4-5-13-38(36)49-43)28-14-16-29(17-15-28)40-46-41(30-20-24-34(45-3)25-21-30)48-42(47-40)32-9-6-8-31(26-32)27-18-22-33(44)23-19-27/h4-26H,1-2H3. The summed E-state index contributed by atoms with van der Waals surface area (Å²) in [5.74, 6) is 2.14. The molecule has 1 aliphatic heterocycles. The molecule has 6 heteroatoms. The van der Waals surface area contributed by atoms with Gasteiger partial charge in [0.05, 0.1) is 6.57 Å². The third-order valence-corrected chi connectivity index (χ3v) is 8.88. The highest BCUT2D eigenvalue weighted by molar-refractivity contribution is 5.90. The normalized spacial score (nSPS) is 12.7. The average molecular weight is 637 g/mol. The summed E-state index contributed by atoms with van der Waals surface area (Å²) in [5.41, 5.74) is 9.92. The number of benzene rings is 6. The van der Waals surface area contributed by atoms with Crippen LogP contribution in [-0.2, 0) is 5.60 Å². The number of halogens is 1. The Bertz CT molecular complexity index is 2390. The van der Waals surface area contributed by atoms with Crippen LogP contribution >= 0.6 is 0 Å². The topological polar surface area (TPSA) is 52.3 Å². The highest BCUT2D eigenvalue weighted by atomic mass is 19.1. The molecule has 6 aromatic carbocycles. The van der Waals surface area contributed by atoms with Gasteiger partial charge in [-0.15, -0.1) is 0 Å². The van der Waals surface area contributed by atoms with Crippen LogP contribution in [0.15, 0.2) is 140 Å². The monoisotopic (exact) mass is 636 g/mol. The zero-order chi connectivity index (χ0) is 33.5. The first kappa shape index (κ1) is 29.9. The Labute approximate surface area is 284 Å². The number of hydrogen-bond donors (Lipinski definition) is 0. The molecule has 0 atom stereocenters. The molecule has 0 saturated heterocycles. The van der Waals surface area contributed by atoms with Crippen LogP contribution in [0.5, 0.6) is 5.75 Å². The molecule has 0 radical (unpaired) electrons. The Morgan fingerprint density at radius 1 is 0.551 bits per heavy atom. The molecule has 0 bridgehead atoms. The maximum absolute atomic E-state index is 13.6. The minimum Gasteiger partial charge on any atom is -0.482 e. The van der Waals surface area contributed by atoms with Gasteiger partial charge < -0.3 is 4.74 Å². The summed E-state index contributed by atoms with van der Waals surface area (Å²) in [4.78, 5) is 18.3. The second kappa shape index (κ2) is 12.0. The third-order valence-electron chi connectivity index (χ3n) is 8.88. The number of aromatic nitrogens is 3. The summed E-state index contributed by atoms with van der Waals surface area (Å²) >= 11 is 0. The van der Waals surface area contributed by atoms with Crippen LogP contribution in [-0.4, -0.2) is 15.0 Å². The lowest BCUT2D eigenvalue weighted by Crippen LogP contribution is -2.29. The molecular weight excluding hydrogens is 607 g/mol. The minimum atomic E-state index is -0.474. The van der Waals surface area contributed by atoms with E-state index in [4.69, 9.17) is 26.3 Å². The van der Waals surface area contributed by atoms with Gasteiger partial charge in [-0.25, -0.2) is 24.2 Å². The van der Waals surface area contributed by atoms with Crippen LogP contribution < -0.4 is 4.74 Å². The second-order valence-electron chi connectivity index (χ2n) is 12.5. The van der Waals surface area contributed by atoms with Gasteiger partial charge >= 0.3 is 0 Å². The van der Waals surface area contributed by atoms with Crippen molar-refractivity contribution >= 4 is 5.69 Å². The van der Waals surface area contributed by atoms with E-state index in [2.05, 4.69) is 55.1 Å². The van der Waals surface area contributed by atoms with Crippen molar-refractivity contribution in [1.29, 1.82) is 0 Å². The van der Waals surface area contributed by atoms with Gasteiger partial charge in [0.2, 0.25) is 0 Å². The van der Waals surface area contributed by atoms with Gasteiger partial charge in [-0.3, -0.25) is 0 Å². The molecule has 0 spiro atoms. The molecule has 234 valence electrons. The van der Waals surface area contributed by atoms with Crippen molar-refractivity contribution in [3.8, 4) is 73.3 Å². The van der Waals surface area contributed by atoms with Crippen LogP contribution in [0.1, 0.15) is 19.4 Å². The van der Waals surface area contributed by atoms with E-state index in [0.717, 1.165) is 55.8 Å². The maximum atomic E-state index is 13.6. The summed E-state index contributed by atoms with van der Waals surface area (Å²) in [6.07, 6.45) is 0. The Balaban J connectivity index is 1.23. The average Bonchev–Trinajstić information content (AvgIpc) is 3.15. The molecule has 7 aromatic rings. The number of hydrogen-bond acceptors (Lipinski definition) is 4. The fourth-order valence-corrected chi connectivity index (χ4v) is 6.40. The first-order valence-corrected chi connectivity index (χ1v) is 16.0. The smallest absolute Gasteiger partial charge is 0.187 e. The quantitative estimate of drug-likeness (QED) is 0.176. The van der Waals surface area contributed by atoms with Crippen LogP contribution in [0.2, 0.25) is 0 Å². The SMILES string of the molecule is [C-]#[N+]c1ccc(-c2nc(-c3ccc(-c4cccc5c4-c4ccccc4OC5(C)C)cc3)nc(-c3cccc(-c4ccc(F)cc4)c3)n2)cc1. The highest BCUT2D eigenvalue weighted by Crippen LogP contribution is 2.49. The largest absolute Gasteiger partial charge is 0.482 e. The highest BCUT2D eigenvalue weighted by Gasteiger charge is 2.33. The van der Waals surface area contributed by atoms with Crippen LogP contribution in [0.3, 0.4) is 0 Å². The number of fused-ring (bicyclic) bond motifs is 3. The van der Waals surface area contributed by atoms with E-state index in [9.17, 15) is 4.39 Å². The fourth-order valence-electron chi connectivity index (χ4n) is 6.40. The Morgan fingerprint density at radius 2 is 1.10 bits per heavy atom. The predicted octanol–water partition coefficient (Wildman–Crippen LogP) is 11.2. The first-order chi connectivity index (χ1) is 23.9. The van der Waals surface area contributed by atoms with E-state index >= 15 is 0 Å². The van der Waals surface area contributed by atoms with Crippen molar-refractivity contribution in [2.75, 3.05) is 0 Å². The Kier molecular flexibility index (Phi) is 7.31. The van der Waals surface area contributed by atoms with Gasteiger partial charge in [0.25, 0.3) is 0 Å². The summed E-state index contributed by atoms with van der Waals surface area (Å²) in [5, 5.41) is 0. The zero-order valence-corrected chi connectivity index (χ0v) is 26.9. The molecule has 8 rings (SSSR count). The van der Waals surface area contributed by atoms with E-state index in [-0.39, 0.29) is 5.82 Å². The minimum absolute atomic E-state index is 0.281. The molecule has 0 amide bonds. The summed E-state index contributed by atoms with van der Waals surface area (Å²) in [6, 6.07) is 44.5. The molecule has 2 heterocycles. The van der Waals surface area contributed by atoms with Crippen molar-refractivity contribution in [2.24, 2.45) is 0 Å². The fraction of sp³-hybridized carbons (Fsp3) is 0.0698. The summed E-state index contributed by atoms with van der Waals surface area (Å²) in [7, 11) is 0. The molecule has 0 saturated carbocycles. The van der Waals surface area contributed by atoms with Crippen molar-refractivity contribution < 1.29 is 9.13 Å². The number of ether oxygens (including phenoxy) is 1. The van der Waals surface area contributed by atoms with Gasteiger partial charge in [0.15, 0.2) is 23.2 Å². The second-order valence-corrected chi connectivity index (χ2v) is 12.5. The molecule has 1 aromatic heterocycles. The lowest BCUT2D eigenvalue weighted by atomic mass is 9.82. The predicted molar refractivity (Wildman–Crippen MR) is 192 cm³/mol. The molecular formula is C43H29FN4O. The van der Waals surface area contributed by atoms with E-state index in [0.29, 0.717) is 23.2 Å². The zero-order valence-electron chi connectivity index (χ0n) is 26.9. The molecule has 49 heavy (non-hydrogen) atoms. The molecule has 1 aliphatic rings. The van der Waals surface area contributed by atoms with Crippen molar-refractivity contribution in [2.45, 2.75) is 19.4 Å². The van der Waals surface area contributed by atoms with Gasteiger partial charge in [-0.1, -0.05) is 115 Å². The van der Waals surface area contributed by atoms with E-state index in [1.807, 2.05) is 66.7 Å². The van der Waals surface area contributed by atoms with E-state index in [1.165, 1.54) is 17.7 Å². The summed E-state index contributed by atoms with van der Waals surface area (Å²) < 4.78 is 20.1. The van der Waals surface area contributed by atoms with Gasteiger partial charge in [0, 0.05) is 33.4 Å². The Hall–Kier alpha value is -6.45. The number of rotatable bonds is 5. The maximum Gasteiger partial charge on any atom is 0.187 e. The van der Waals surface area contributed by atoms with Crippen molar-refractivity contribution in [3.63, 3.8) is 0 Å². The third kappa shape index (κ3) is 5.62. The van der Waals surface area contributed by atoms with E-state index in [1.54, 1.807) is 24.3 Å². The first-order valence-electron chi connectivity index (χ1n) is 16.0. The van der Waals surface area contributed by atoms with E-state index < -0.39 is 5.60 Å². The summed E-state index contributed by atoms with van der Waals surface area (Å²) in [6.45, 7) is 11.6. The number of nitrogens with zero attached hydrogens (tertiary/aromatic N) is 4. The molecule has 0 unspecified atom stereocenters. The van der Waals surface area contributed by atoms with Gasteiger partial charge in [0.1, 0.15) is 17.2 Å². The van der Waals surface area contributed by atoms with Gasteiger partial charge in [-0.05, 0) is 60.4 Å². The van der Waals surface area contributed by atoms with Crippen LogP contribution in [0.25, 0.3) is 72.4 Å². The molecule has 0 N–H and O–H groups in total. The van der Waals surface area contributed by atoms with Crippen LogP contribution in [0.4, 0.5) is 10.1 Å². The molecule has 0 fully saturated rings. The lowest BCUT2D eigenvalue weighted by Gasteiger charge is -2.36. The van der Waals surface area contributed by atoms with Gasteiger partial charge in [-0.2, -0.15) is 0 Å². The molecule has 0 aliphatic carbocycles. The van der Waals surface area contributed by atoms with Crippen molar-refractivity contribution in [1.82, 2.24) is 15.0 Å². The molecule has 5 nitrogen and oxygen atoms in total. The number of para-hydroxylation sites is 1. The van der Waals surface area contributed by atoms with Crippen LogP contribution in [0, 0.1) is 12.4 Å².